The van der Waals surface area contributed by atoms with Gasteiger partial charge in [-0.25, -0.2) is 13.9 Å². The average Bonchev–Trinajstić information content (AvgIpc) is 3.20. The van der Waals surface area contributed by atoms with Crippen LogP contribution in [-0.2, 0) is 0 Å². The van der Waals surface area contributed by atoms with E-state index < -0.39 is 0 Å². The number of nitrogens with one attached hydrogen (secondary N) is 1. The van der Waals surface area contributed by atoms with Gasteiger partial charge in [-0.3, -0.25) is 0 Å². The first kappa shape index (κ1) is 14.6. The third kappa shape index (κ3) is 3.10. The van der Waals surface area contributed by atoms with Crippen molar-refractivity contribution < 1.29 is 9.18 Å². The van der Waals surface area contributed by atoms with Gasteiger partial charge in [-0.1, -0.05) is 0 Å². The third-order valence-corrected chi connectivity index (χ3v) is 3.93. The molecule has 2 aromatic rings. The summed E-state index contributed by atoms with van der Waals surface area (Å²) in [6, 6.07) is 5.98. The van der Waals surface area contributed by atoms with Gasteiger partial charge in [0.25, 0.3) is 0 Å². The summed E-state index contributed by atoms with van der Waals surface area (Å²) in [4.78, 5) is 13.9. The Labute approximate surface area is 128 Å². The van der Waals surface area contributed by atoms with Crippen LogP contribution < -0.4 is 5.32 Å². The maximum absolute atomic E-state index is 12.9. The van der Waals surface area contributed by atoms with Crippen molar-refractivity contribution in [2.24, 2.45) is 0 Å². The van der Waals surface area contributed by atoms with Crippen LogP contribution in [0.1, 0.15) is 31.4 Å². The number of likely N-dealkylation sites (tertiary alicyclic amines) is 1. The molecule has 2 heterocycles. The van der Waals surface area contributed by atoms with E-state index >= 15 is 0 Å². The van der Waals surface area contributed by atoms with Crippen molar-refractivity contribution >= 4 is 6.03 Å². The molecule has 1 aliphatic rings. The van der Waals surface area contributed by atoms with Crippen LogP contribution in [0.5, 0.6) is 0 Å². The number of hydrogen-bond acceptors (Lipinski definition) is 2. The van der Waals surface area contributed by atoms with Crippen molar-refractivity contribution in [2.45, 2.75) is 25.8 Å². The van der Waals surface area contributed by atoms with Gasteiger partial charge in [0.05, 0.1) is 17.9 Å². The largest absolute Gasteiger partial charge is 0.331 e. The molecule has 1 saturated heterocycles. The molecule has 1 aromatic heterocycles. The van der Waals surface area contributed by atoms with Crippen LogP contribution in [0.15, 0.2) is 36.7 Å². The summed E-state index contributed by atoms with van der Waals surface area (Å²) >= 11 is 0. The van der Waals surface area contributed by atoms with E-state index in [-0.39, 0.29) is 17.9 Å². The molecule has 1 atom stereocenters. The summed E-state index contributed by atoms with van der Waals surface area (Å²) < 4.78 is 14.6. The molecule has 2 amide bonds. The second-order valence-corrected chi connectivity index (χ2v) is 5.56. The standard InChI is InChI=1S/C16H19FN4O/c1-12(19-16(22)20-8-2-3-9-20)13-10-18-21(11-13)15-6-4-14(17)5-7-15/h4-7,10-12H,2-3,8-9H2,1H3,(H,19,22)/t12-/m0/s1. The third-order valence-electron chi connectivity index (χ3n) is 3.93. The zero-order valence-electron chi connectivity index (χ0n) is 12.5. The van der Waals surface area contributed by atoms with Crippen LogP contribution in [0.3, 0.4) is 0 Å². The normalized spacial score (nSPS) is 15.8. The molecule has 1 aromatic carbocycles. The van der Waals surface area contributed by atoms with Crippen molar-refractivity contribution in [3.63, 3.8) is 0 Å². The average molecular weight is 302 g/mol. The number of aromatic nitrogens is 2. The Morgan fingerprint density at radius 1 is 1.27 bits per heavy atom. The highest BCUT2D eigenvalue weighted by atomic mass is 19.1. The molecule has 116 valence electrons. The lowest BCUT2D eigenvalue weighted by Crippen LogP contribution is -2.39. The fourth-order valence-corrected chi connectivity index (χ4v) is 2.58. The molecule has 3 rings (SSSR count). The fourth-order valence-electron chi connectivity index (χ4n) is 2.58. The van der Waals surface area contributed by atoms with Crippen molar-refractivity contribution in [2.75, 3.05) is 13.1 Å². The zero-order valence-corrected chi connectivity index (χ0v) is 12.5. The first-order valence-electron chi connectivity index (χ1n) is 7.49. The second-order valence-electron chi connectivity index (χ2n) is 5.56. The molecule has 0 unspecified atom stereocenters. The summed E-state index contributed by atoms with van der Waals surface area (Å²) in [5.74, 6) is -0.276. The smallest absolute Gasteiger partial charge is 0.317 e. The van der Waals surface area contributed by atoms with Crippen LogP contribution >= 0.6 is 0 Å². The number of amides is 2. The second kappa shape index (κ2) is 6.17. The fraction of sp³-hybridized carbons (Fsp3) is 0.375. The highest BCUT2D eigenvalue weighted by molar-refractivity contribution is 5.74. The number of carbonyl (C=O) groups is 1. The minimum absolute atomic E-state index is 0.0282. The van der Waals surface area contributed by atoms with E-state index in [9.17, 15) is 9.18 Å². The van der Waals surface area contributed by atoms with Crippen LogP contribution in [0.4, 0.5) is 9.18 Å². The van der Waals surface area contributed by atoms with Gasteiger partial charge in [-0.05, 0) is 44.0 Å². The van der Waals surface area contributed by atoms with Gasteiger partial charge < -0.3 is 10.2 Å². The lowest BCUT2D eigenvalue weighted by Gasteiger charge is -2.19. The van der Waals surface area contributed by atoms with Crippen LogP contribution in [-0.4, -0.2) is 33.8 Å². The van der Waals surface area contributed by atoms with E-state index in [1.165, 1.54) is 12.1 Å². The van der Waals surface area contributed by atoms with Gasteiger partial charge in [-0.15, -0.1) is 0 Å². The van der Waals surface area contributed by atoms with Gasteiger partial charge in [0.2, 0.25) is 0 Å². The molecule has 1 fully saturated rings. The van der Waals surface area contributed by atoms with E-state index in [2.05, 4.69) is 10.4 Å². The molecule has 0 saturated carbocycles. The van der Waals surface area contributed by atoms with Crippen molar-refractivity contribution in [3.05, 3.63) is 48.0 Å². The topological polar surface area (TPSA) is 50.2 Å². The monoisotopic (exact) mass is 302 g/mol. The molecule has 0 radical (unpaired) electrons. The quantitative estimate of drug-likeness (QED) is 0.948. The highest BCUT2D eigenvalue weighted by Crippen LogP contribution is 2.16. The lowest BCUT2D eigenvalue weighted by molar-refractivity contribution is 0.205. The number of rotatable bonds is 3. The Balaban J connectivity index is 1.67. The molecule has 0 spiro atoms. The summed E-state index contributed by atoms with van der Waals surface area (Å²) in [5, 5.41) is 7.26. The van der Waals surface area contributed by atoms with Crippen molar-refractivity contribution in [3.8, 4) is 5.69 Å². The van der Waals surface area contributed by atoms with E-state index in [4.69, 9.17) is 0 Å². The minimum atomic E-state index is -0.276. The Hall–Kier alpha value is -2.37. The molecule has 6 heteroatoms. The molecule has 0 bridgehead atoms. The molecular weight excluding hydrogens is 283 g/mol. The Morgan fingerprint density at radius 2 is 1.95 bits per heavy atom. The number of nitrogens with zero attached hydrogens (tertiary/aromatic N) is 3. The summed E-state index contributed by atoms with van der Waals surface area (Å²) in [6.45, 7) is 3.58. The molecular formula is C16H19FN4O. The summed E-state index contributed by atoms with van der Waals surface area (Å²) in [7, 11) is 0. The lowest BCUT2D eigenvalue weighted by atomic mass is 10.2. The molecule has 0 aliphatic carbocycles. The maximum atomic E-state index is 12.9. The molecule has 5 nitrogen and oxygen atoms in total. The minimum Gasteiger partial charge on any atom is -0.331 e. The molecule has 1 N–H and O–H groups in total. The molecule has 22 heavy (non-hydrogen) atoms. The SMILES string of the molecule is C[C@H](NC(=O)N1CCCC1)c1cnn(-c2ccc(F)cc2)c1. The molecule has 1 aliphatic heterocycles. The predicted molar refractivity (Wildman–Crippen MR) is 81.3 cm³/mol. The Bertz CT molecular complexity index is 646. The summed E-state index contributed by atoms with van der Waals surface area (Å²) in [6.07, 6.45) is 5.72. The van der Waals surface area contributed by atoms with E-state index in [0.29, 0.717) is 0 Å². The van der Waals surface area contributed by atoms with E-state index in [1.807, 2.05) is 18.0 Å². The number of benzene rings is 1. The van der Waals surface area contributed by atoms with Gasteiger partial charge in [0.15, 0.2) is 0 Å². The van der Waals surface area contributed by atoms with Gasteiger partial charge in [-0.2, -0.15) is 5.10 Å². The first-order chi connectivity index (χ1) is 10.6. The summed E-state index contributed by atoms with van der Waals surface area (Å²) in [5.41, 5.74) is 1.70. The van der Waals surface area contributed by atoms with Gasteiger partial charge in [0.1, 0.15) is 5.82 Å². The highest BCUT2D eigenvalue weighted by Gasteiger charge is 2.20. The predicted octanol–water partition coefficient (Wildman–Crippen LogP) is 2.88. The van der Waals surface area contributed by atoms with E-state index in [0.717, 1.165) is 37.2 Å². The number of carbonyl (C=O) groups excluding carboxylic acids is 1. The van der Waals surface area contributed by atoms with Crippen molar-refractivity contribution in [1.82, 2.24) is 20.0 Å². The van der Waals surface area contributed by atoms with Crippen LogP contribution in [0, 0.1) is 5.82 Å². The maximum Gasteiger partial charge on any atom is 0.317 e. The zero-order chi connectivity index (χ0) is 15.5. The number of urea groups is 1. The van der Waals surface area contributed by atoms with Crippen LogP contribution in [0.2, 0.25) is 0 Å². The number of hydrogen-bond donors (Lipinski definition) is 1. The first-order valence-corrected chi connectivity index (χ1v) is 7.49. The van der Waals surface area contributed by atoms with Gasteiger partial charge >= 0.3 is 6.03 Å². The van der Waals surface area contributed by atoms with Crippen LogP contribution in [0.25, 0.3) is 5.69 Å². The Morgan fingerprint density at radius 3 is 2.64 bits per heavy atom. The van der Waals surface area contributed by atoms with Gasteiger partial charge in [0, 0.05) is 24.8 Å². The van der Waals surface area contributed by atoms with E-state index in [1.54, 1.807) is 23.0 Å². The number of halogens is 1. The Kier molecular flexibility index (Phi) is 4.09. The van der Waals surface area contributed by atoms with Crippen molar-refractivity contribution in [1.29, 1.82) is 0 Å².